The van der Waals surface area contributed by atoms with Crippen LogP contribution in [0.5, 0.6) is 0 Å². The molecular weight excluding hydrogens is 675 g/mol. The van der Waals surface area contributed by atoms with E-state index in [1.165, 1.54) is 0 Å². The summed E-state index contributed by atoms with van der Waals surface area (Å²) < 4.78 is 40.1. The Morgan fingerprint density at radius 1 is 1.12 bits per heavy atom. The summed E-state index contributed by atoms with van der Waals surface area (Å²) in [5.41, 5.74) is -2.03. The number of esters is 1. The average Bonchev–Trinajstić information content (AvgIpc) is 3.09. The molecule has 1 fully saturated rings. The molecule has 0 saturated carbocycles. The van der Waals surface area contributed by atoms with Crippen LogP contribution in [-0.4, -0.2) is 96.7 Å². The van der Waals surface area contributed by atoms with Crippen molar-refractivity contribution in [1.29, 1.82) is 0 Å². The zero-order valence-corrected chi connectivity index (χ0v) is 32.1. The van der Waals surface area contributed by atoms with Gasteiger partial charge in [-0.15, -0.1) is 0 Å². The van der Waals surface area contributed by atoms with Crippen molar-refractivity contribution >= 4 is 27.9 Å². The van der Waals surface area contributed by atoms with Crippen LogP contribution in [-0.2, 0) is 37.0 Å². The normalized spacial score (nSPS) is 25.0. The van der Waals surface area contributed by atoms with Crippen LogP contribution < -0.4 is 180 Å². The third-order valence-corrected chi connectivity index (χ3v) is 6.75. The Kier molecular flexibility index (Phi) is 21.8. The summed E-state index contributed by atoms with van der Waals surface area (Å²) in [4.78, 5) is 80.6. The Morgan fingerprint density at radius 3 is 2.20 bits per heavy atom. The van der Waals surface area contributed by atoms with Crippen LogP contribution in [0.4, 0.5) is 0 Å². The molecule has 0 amide bonds. The van der Waals surface area contributed by atoms with E-state index >= 15 is 0 Å². The van der Waals surface area contributed by atoms with Gasteiger partial charge in [-0.05, 0) is 0 Å². The number of hydrogen-bond acceptors (Lipinski definition) is 18. The van der Waals surface area contributed by atoms with E-state index in [0.29, 0.717) is 4.57 Å². The minimum atomic E-state index is -6.10. The van der Waals surface area contributed by atoms with E-state index in [2.05, 4.69) is 8.83 Å². The predicted octanol–water partition coefficient (Wildman–Crippen LogP) is -16.3. The fraction of sp³-hybridized carbons (Fsp3) is 0.600. The summed E-state index contributed by atoms with van der Waals surface area (Å²) in [6, 6.07) is 0.807. The smallest absolute Gasteiger partial charge is 0.790 e. The summed E-state index contributed by atoms with van der Waals surface area (Å²) in [5.74, 6) is -1.83. The van der Waals surface area contributed by atoms with E-state index in [1.807, 2.05) is 0 Å². The molecule has 1 aliphatic rings. The van der Waals surface area contributed by atoms with Gasteiger partial charge >= 0.3 is 166 Å². The van der Waals surface area contributed by atoms with Gasteiger partial charge in [0.1, 0.15) is 30.5 Å². The van der Waals surface area contributed by atoms with Crippen molar-refractivity contribution in [2.24, 2.45) is 0 Å². The van der Waals surface area contributed by atoms with Crippen molar-refractivity contribution in [2.45, 2.75) is 49.0 Å². The number of rotatable bonds is 12. The van der Waals surface area contributed by atoms with Crippen molar-refractivity contribution in [3.63, 3.8) is 0 Å². The van der Waals surface area contributed by atoms with Crippen LogP contribution in [0.25, 0.3) is 0 Å². The fourth-order valence-corrected chi connectivity index (χ4v) is 4.48. The number of carbonyl (C=O) groups is 2. The molecule has 210 valence electrons. The van der Waals surface area contributed by atoms with E-state index in [9.17, 15) is 68.5 Å². The Labute approximate surface area is 350 Å². The van der Waals surface area contributed by atoms with Crippen LogP contribution >= 0.6 is 15.6 Å². The molecule has 1 aliphatic heterocycles. The molecule has 0 radical (unpaired) electrons. The second kappa shape index (κ2) is 19.4. The molecule has 25 heteroatoms. The first-order chi connectivity index (χ1) is 17.0. The van der Waals surface area contributed by atoms with Crippen LogP contribution in [0.2, 0.25) is 0 Å². The van der Waals surface area contributed by atoms with Crippen molar-refractivity contribution in [3.8, 4) is 0 Å². The van der Waals surface area contributed by atoms with E-state index in [-0.39, 0.29) is 160 Å². The number of aromatic nitrogens is 2. The third kappa shape index (κ3) is 13.2. The topological polar surface area (TPSA) is 330 Å². The van der Waals surface area contributed by atoms with E-state index in [0.717, 1.165) is 12.3 Å². The molecule has 1 aromatic rings. The number of aldehydes is 1. The molecule has 2 heterocycles. The molecular formula is C15H19K3N2O18P2. The van der Waals surface area contributed by atoms with Crippen molar-refractivity contribution < 1.29 is 231 Å². The average molecular weight is 695 g/mol. The van der Waals surface area contributed by atoms with E-state index in [4.69, 9.17) is 9.47 Å². The van der Waals surface area contributed by atoms with Crippen LogP contribution in [0.15, 0.2) is 21.9 Å². The van der Waals surface area contributed by atoms with Gasteiger partial charge in [-0.2, -0.15) is 0 Å². The zero-order chi connectivity index (χ0) is 28.3. The van der Waals surface area contributed by atoms with Gasteiger partial charge in [-0.3, -0.25) is 23.2 Å². The maximum absolute atomic E-state index is 12.3. The summed E-state index contributed by atoms with van der Waals surface area (Å²) in [5, 5.41) is 49.0. The second-order valence-corrected chi connectivity index (χ2v) is 10.00. The number of nitrogens with zero attached hydrogens (tertiary/aromatic N) is 1. The number of H-pyrrole nitrogens is 1. The molecule has 20 nitrogen and oxygen atoms in total. The number of aliphatic hydroxyl groups is 5. The van der Waals surface area contributed by atoms with Crippen LogP contribution in [0, 0.1) is 0 Å². The Hall–Kier alpha value is 2.75. The molecule has 1 unspecified atom stereocenters. The van der Waals surface area contributed by atoms with Crippen molar-refractivity contribution in [1.82, 2.24) is 9.55 Å². The Bertz CT molecular complexity index is 1190. The van der Waals surface area contributed by atoms with Gasteiger partial charge in [0.25, 0.3) is 13.4 Å². The maximum atomic E-state index is 12.3. The standard InChI is InChI=1S/C15H22N2O18P2.3K/c18-3-5(19)8(21)9(22)10(23)14(25)34-12-6(4-32-37(30,31)35-36(27,28)29)33-13(11(12)24)17-2-1-7(20)16-15(17)26;;;/h1-3,5-6,8-13,19,21-24H,4H2,(H,30,31)(H,16,20,26)(H2,27,28,29);;;/q;3*+1/p-3/t5-,6+,8+,9-,10-,11+,12+,13+;;;/m0.../s1. The third-order valence-electron chi connectivity index (χ3n) is 4.69. The van der Waals surface area contributed by atoms with Crippen molar-refractivity contribution in [3.05, 3.63) is 33.1 Å². The SMILES string of the molecule is O=C[C@H](O)[C@@H](O)[C@H](O)[C@H](O)C(=O)O[C@H]1[C@@H](O)[C@H](n2ccc(=O)[nH]c2=O)O[C@@H]1COP(=O)([O-])OP(=O)([O-])[O-].[K+].[K+].[K+]. The molecule has 0 aromatic carbocycles. The van der Waals surface area contributed by atoms with Crippen LogP contribution in [0.1, 0.15) is 6.23 Å². The van der Waals surface area contributed by atoms with Gasteiger partial charge in [0.2, 0.25) is 0 Å². The monoisotopic (exact) mass is 694 g/mol. The molecule has 0 spiro atoms. The predicted molar refractivity (Wildman–Crippen MR) is 103 cm³/mol. The Morgan fingerprint density at radius 2 is 1.70 bits per heavy atom. The van der Waals surface area contributed by atoms with E-state index < -0.39 is 88.4 Å². The van der Waals surface area contributed by atoms with Gasteiger partial charge < -0.3 is 63.6 Å². The summed E-state index contributed by atoms with van der Waals surface area (Å²) in [7, 11) is -12.0. The second-order valence-electron chi connectivity index (χ2n) is 7.30. The van der Waals surface area contributed by atoms with Gasteiger partial charge in [0, 0.05) is 12.3 Å². The van der Waals surface area contributed by atoms with Gasteiger partial charge in [0.05, 0.1) is 14.4 Å². The number of hydrogen-bond donors (Lipinski definition) is 6. The van der Waals surface area contributed by atoms with Gasteiger partial charge in [0.15, 0.2) is 24.7 Å². The number of aromatic amines is 1. The number of phosphoric ester groups is 1. The molecule has 1 saturated heterocycles. The quantitative estimate of drug-likeness (QED) is 0.0512. The molecule has 9 atom stereocenters. The first-order valence-corrected chi connectivity index (χ1v) is 12.6. The largest absolute Gasteiger partial charge is 1.00 e. The summed E-state index contributed by atoms with van der Waals surface area (Å²) in [6.07, 6.45) is -17.1. The summed E-state index contributed by atoms with van der Waals surface area (Å²) in [6.45, 7) is -1.32. The molecule has 2 rings (SSSR count). The molecule has 0 aliphatic carbocycles. The van der Waals surface area contributed by atoms with E-state index in [1.54, 1.807) is 4.98 Å². The van der Waals surface area contributed by atoms with Crippen molar-refractivity contribution in [2.75, 3.05) is 6.61 Å². The maximum Gasteiger partial charge on any atom is 1.00 e. The molecule has 6 N–H and O–H groups in total. The van der Waals surface area contributed by atoms with Gasteiger partial charge in [-0.25, -0.2) is 9.59 Å². The first kappa shape index (κ1) is 44.9. The zero-order valence-electron chi connectivity index (χ0n) is 20.9. The van der Waals surface area contributed by atoms with Gasteiger partial charge in [-0.1, -0.05) is 0 Å². The molecule has 0 bridgehead atoms. The number of ether oxygens (including phenoxy) is 2. The Balaban J connectivity index is 0. The first-order valence-electron chi connectivity index (χ1n) is 9.69. The minimum absolute atomic E-state index is 0. The fourth-order valence-electron chi connectivity index (χ4n) is 2.98. The number of aliphatic hydroxyl groups excluding tert-OH is 5. The number of carbonyl (C=O) groups excluding carboxylic acids is 2. The van der Waals surface area contributed by atoms with Crippen LogP contribution in [0.3, 0.4) is 0 Å². The minimum Gasteiger partial charge on any atom is -0.790 e. The number of phosphoric acid groups is 2. The molecule has 40 heavy (non-hydrogen) atoms. The molecule has 1 aromatic heterocycles. The number of nitrogens with one attached hydrogen (secondary N) is 1. The summed E-state index contributed by atoms with van der Waals surface area (Å²) >= 11 is 0.